The predicted octanol–water partition coefficient (Wildman–Crippen LogP) is 5.52. The number of para-hydroxylation sites is 1. The average Bonchev–Trinajstić information content (AvgIpc) is 3.00. The number of likely N-dealkylation sites (N-methyl/N-ethyl adjacent to an activating group) is 1. The van der Waals surface area contributed by atoms with E-state index in [2.05, 4.69) is 4.40 Å². The smallest absolute Gasteiger partial charge is 0.284 e. The summed E-state index contributed by atoms with van der Waals surface area (Å²) in [6.07, 6.45) is 0. The van der Waals surface area contributed by atoms with Crippen LogP contribution < -0.4 is 4.90 Å². The summed E-state index contributed by atoms with van der Waals surface area (Å²) in [6.45, 7) is 5.27. The molecule has 0 spiro atoms. The maximum Gasteiger partial charge on any atom is 0.284 e. The molecule has 0 bridgehead atoms. The molecular formula is C25H22ClN3O3S. The number of fused-ring (bicyclic) bond motifs is 1. The summed E-state index contributed by atoms with van der Waals surface area (Å²) in [5, 5.41) is 0.418. The summed E-state index contributed by atoms with van der Waals surface area (Å²) >= 11 is 6.18. The molecule has 168 valence electrons. The second-order valence-corrected chi connectivity index (χ2v) is 9.95. The van der Waals surface area contributed by atoms with Crippen LogP contribution in [0.25, 0.3) is 0 Å². The quantitative estimate of drug-likeness (QED) is 0.461. The molecular weight excluding hydrogens is 458 g/mol. The second-order valence-electron chi connectivity index (χ2n) is 7.91. The standard InChI is InChI=1S/C25H22ClN3O3S/c1-15-8-11-19(12-9-15)33(31,32)28-25-23(21-7-5-6-16(2)24(21)29(25)4)27-22-14-18(26)10-13-20(22)17(3)30/h5-14H,1-4H3/b27-23?,28-25-. The number of amidine groups is 1. The van der Waals surface area contributed by atoms with Crippen molar-refractivity contribution in [2.24, 2.45) is 9.39 Å². The summed E-state index contributed by atoms with van der Waals surface area (Å²) in [7, 11) is -2.26. The molecule has 8 heteroatoms. The molecule has 0 atom stereocenters. The predicted molar refractivity (Wildman–Crippen MR) is 133 cm³/mol. The highest BCUT2D eigenvalue weighted by atomic mass is 35.5. The lowest BCUT2D eigenvalue weighted by Gasteiger charge is -2.15. The number of carbonyl (C=O) groups excluding carboxylic acids is 1. The van der Waals surface area contributed by atoms with E-state index in [9.17, 15) is 13.2 Å². The fourth-order valence-electron chi connectivity index (χ4n) is 3.79. The molecule has 0 aliphatic carbocycles. The van der Waals surface area contributed by atoms with Crippen LogP contribution in [0.5, 0.6) is 0 Å². The van der Waals surface area contributed by atoms with Crippen LogP contribution in [-0.2, 0) is 10.0 Å². The highest BCUT2D eigenvalue weighted by molar-refractivity contribution is 7.90. The zero-order valence-corrected chi connectivity index (χ0v) is 20.2. The normalized spacial score (nSPS) is 15.8. The van der Waals surface area contributed by atoms with Gasteiger partial charge in [0.1, 0.15) is 5.71 Å². The van der Waals surface area contributed by atoms with Gasteiger partial charge < -0.3 is 4.90 Å². The van der Waals surface area contributed by atoms with Crippen molar-refractivity contribution in [3.8, 4) is 0 Å². The van der Waals surface area contributed by atoms with E-state index < -0.39 is 10.0 Å². The second kappa shape index (κ2) is 8.57. The van der Waals surface area contributed by atoms with Gasteiger partial charge >= 0.3 is 0 Å². The van der Waals surface area contributed by atoms with E-state index in [-0.39, 0.29) is 16.5 Å². The lowest BCUT2D eigenvalue weighted by molar-refractivity contribution is 0.101. The molecule has 1 heterocycles. The number of halogens is 1. The van der Waals surface area contributed by atoms with Gasteiger partial charge in [0, 0.05) is 23.2 Å². The first kappa shape index (κ1) is 22.9. The number of carbonyl (C=O) groups is 1. The Balaban J connectivity index is 1.97. The third kappa shape index (κ3) is 4.34. The highest BCUT2D eigenvalue weighted by Gasteiger charge is 2.33. The lowest BCUT2D eigenvalue weighted by Crippen LogP contribution is -2.28. The van der Waals surface area contributed by atoms with Crippen molar-refractivity contribution >= 4 is 50.3 Å². The molecule has 4 rings (SSSR count). The molecule has 3 aromatic carbocycles. The van der Waals surface area contributed by atoms with Crippen molar-refractivity contribution in [2.75, 3.05) is 11.9 Å². The molecule has 0 aromatic heterocycles. The number of hydrogen-bond acceptors (Lipinski definition) is 4. The Morgan fingerprint density at radius 1 is 1.00 bits per heavy atom. The van der Waals surface area contributed by atoms with Crippen LogP contribution in [0.15, 0.2) is 74.9 Å². The minimum atomic E-state index is -4.01. The molecule has 33 heavy (non-hydrogen) atoms. The monoisotopic (exact) mass is 479 g/mol. The van der Waals surface area contributed by atoms with Crippen molar-refractivity contribution in [3.05, 3.63) is 87.9 Å². The summed E-state index contributed by atoms with van der Waals surface area (Å²) < 4.78 is 30.5. The first-order chi connectivity index (χ1) is 15.6. The third-order valence-corrected chi connectivity index (χ3v) is 6.97. The summed E-state index contributed by atoms with van der Waals surface area (Å²) in [5.74, 6) is 0.00181. The Labute approximate surface area is 198 Å². The van der Waals surface area contributed by atoms with Gasteiger partial charge in [-0.2, -0.15) is 8.42 Å². The van der Waals surface area contributed by atoms with Gasteiger partial charge in [0.05, 0.1) is 16.3 Å². The molecule has 1 aliphatic heterocycles. The van der Waals surface area contributed by atoms with Crippen LogP contribution in [0, 0.1) is 13.8 Å². The minimum absolute atomic E-state index is 0.0909. The van der Waals surface area contributed by atoms with Crippen molar-refractivity contribution in [1.29, 1.82) is 0 Å². The van der Waals surface area contributed by atoms with E-state index in [1.807, 2.05) is 32.0 Å². The Morgan fingerprint density at radius 2 is 1.70 bits per heavy atom. The van der Waals surface area contributed by atoms with Gasteiger partial charge in [-0.25, -0.2) is 4.99 Å². The molecule has 6 nitrogen and oxygen atoms in total. The highest BCUT2D eigenvalue weighted by Crippen LogP contribution is 2.35. The van der Waals surface area contributed by atoms with Crippen molar-refractivity contribution in [1.82, 2.24) is 0 Å². The number of benzene rings is 3. The molecule has 0 unspecified atom stereocenters. The maximum absolute atomic E-state index is 13.2. The van der Waals surface area contributed by atoms with E-state index in [1.54, 1.807) is 42.3 Å². The van der Waals surface area contributed by atoms with E-state index in [0.717, 1.165) is 22.4 Å². The number of Topliss-reactive ketones (excluding diaryl/α,β-unsaturated/α-hetero) is 1. The molecule has 0 amide bonds. The van der Waals surface area contributed by atoms with Gasteiger partial charge in [-0.05, 0) is 56.7 Å². The maximum atomic E-state index is 13.2. The molecule has 0 saturated heterocycles. The molecule has 0 radical (unpaired) electrons. The molecule has 0 N–H and O–H groups in total. The van der Waals surface area contributed by atoms with Crippen LogP contribution in [0.2, 0.25) is 5.02 Å². The summed E-state index contributed by atoms with van der Waals surface area (Å²) in [6, 6.07) is 17.0. The number of nitrogens with zero attached hydrogens (tertiary/aromatic N) is 3. The Morgan fingerprint density at radius 3 is 2.36 bits per heavy atom. The average molecular weight is 480 g/mol. The molecule has 0 saturated carbocycles. The zero-order valence-electron chi connectivity index (χ0n) is 18.6. The topological polar surface area (TPSA) is 79.2 Å². The van der Waals surface area contributed by atoms with Crippen LogP contribution >= 0.6 is 11.6 Å². The largest absolute Gasteiger partial charge is 0.326 e. The summed E-state index contributed by atoms with van der Waals surface area (Å²) in [5.41, 5.74) is 4.52. The van der Waals surface area contributed by atoms with Crippen molar-refractivity contribution in [2.45, 2.75) is 25.7 Å². The van der Waals surface area contributed by atoms with Gasteiger partial charge in [0.25, 0.3) is 10.0 Å². The minimum Gasteiger partial charge on any atom is -0.326 e. The Bertz CT molecular complexity index is 1440. The fraction of sp³-hybridized carbons (Fsp3) is 0.160. The zero-order chi connectivity index (χ0) is 23.9. The van der Waals surface area contributed by atoms with Crippen LogP contribution in [0.4, 0.5) is 11.4 Å². The van der Waals surface area contributed by atoms with Crippen molar-refractivity contribution < 1.29 is 13.2 Å². The van der Waals surface area contributed by atoms with Gasteiger partial charge in [0.15, 0.2) is 11.6 Å². The lowest BCUT2D eigenvalue weighted by atomic mass is 10.1. The van der Waals surface area contributed by atoms with E-state index >= 15 is 0 Å². The first-order valence-corrected chi connectivity index (χ1v) is 12.0. The number of rotatable bonds is 4. The van der Waals surface area contributed by atoms with Gasteiger partial charge in [-0.1, -0.05) is 47.5 Å². The SMILES string of the molecule is CC(=O)c1ccc(Cl)cc1N=C1/C(=N/S(=O)(=O)c2ccc(C)cc2)N(C)c2c(C)cccc21. The van der Waals surface area contributed by atoms with Gasteiger partial charge in [0.2, 0.25) is 0 Å². The Kier molecular flexibility index (Phi) is 5.95. The van der Waals surface area contributed by atoms with Crippen LogP contribution in [-0.4, -0.2) is 32.8 Å². The van der Waals surface area contributed by atoms with Gasteiger partial charge in [-0.15, -0.1) is 4.40 Å². The number of sulfonamides is 1. The molecule has 1 aliphatic rings. The van der Waals surface area contributed by atoms with E-state index in [4.69, 9.17) is 16.6 Å². The number of aliphatic imine (C=N–C) groups is 1. The van der Waals surface area contributed by atoms with Crippen molar-refractivity contribution in [3.63, 3.8) is 0 Å². The molecule has 0 fully saturated rings. The van der Waals surface area contributed by atoms with E-state index in [1.165, 1.54) is 19.1 Å². The number of anilines is 1. The fourth-order valence-corrected chi connectivity index (χ4v) is 4.98. The third-order valence-electron chi connectivity index (χ3n) is 5.45. The summed E-state index contributed by atoms with van der Waals surface area (Å²) in [4.78, 5) is 18.7. The van der Waals surface area contributed by atoms with Crippen LogP contribution in [0.1, 0.15) is 34.0 Å². The number of aryl methyl sites for hydroxylation is 2. The Hall–Kier alpha value is -3.29. The first-order valence-electron chi connectivity index (χ1n) is 10.2. The molecule has 3 aromatic rings. The van der Waals surface area contributed by atoms with Gasteiger partial charge in [-0.3, -0.25) is 4.79 Å². The van der Waals surface area contributed by atoms with E-state index in [0.29, 0.717) is 22.0 Å². The van der Waals surface area contributed by atoms with Crippen LogP contribution in [0.3, 0.4) is 0 Å². The number of ketones is 1. The number of hydrogen-bond donors (Lipinski definition) is 0.